The number of hydrogen-bond acceptors (Lipinski definition) is 4. The highest BCUT2D eigenvalue weighted by molar-refractivity contribution is 4.83. The normalized spacial score (nSPS) is 37.1. The van der Waals surface area contributed by atoms with Crippen LogP contribution in [0.1, 0.15) is 40.0 Å². The molecule has 2 aliphatic rings. The molecule has 3 atom stereocenters. The lowest BCUT2D eigenvalue weighted by atomic mass is 10.1. The van der Waals surface area contributed by atoms with Crippen LogP contribution < -0.4 is 5.73 Å². The van der Waals surface area contributed by atoms with Gasteiger partial charge in [-0.3, -0.25) is 4.90 Å². The van der Waals surface area contributed by atoms with Crippen molar-refractivity contribution in [1.29, 1.82) is 0 Å². The van der Waals surface area contributed by atoms with Gasteiger partial charge in [-0.15, -0.1) is 0 Å². The Bertz CT molecular complexity index is 240. The molecule has 0 amide bonds. The fraction of sp³-hybridized carbons (Fsp3) is 1.00. The van der Waals surface area contributed by atoms with Gasteiger partial charge in [-0.25, -0.2) is 0 Å². The second kappa shape index (κ2) is 4.61. The minimum atomic E-state index is -0.123. The zero-order chi connectivity index (χ0) is 11.8. The summed E-state index contributed by atoms with van der Waals surface area (Å²) in [5, 5.41) is 0. The van der Waals surface area contributed by atoms with E-state index < -0.39 is 0 Å². The third-order valence-corrected chi connectivity index (χ3v) is 3.07. The van der Waals surface area contributed by atoms with E-state index in [1.165, 1.54) is 6.42 Å². The van der Waals surface area contributed by atoms with Crippen LogP contribution in [0.2, 0.25) is 0 Å². The van der Waals surface area contributed by atoms with Crippen molar-refractivity contribution in [2.45, 2.75) is 64.2 Å². The molecule has 2 unspecified atom stereocenters. The van der Waals surface area contributed by atoms with Gasteiger partial charge in [0.2, 0.25) is 0 Å². The summed E-state index contributed by atoms with van der Waals surface area (Å²) in [5.74, 6) is 0. The Balaban J connectivity index is 1.78. The van der Waals surface area contributed by atoms with Gasteiger partial charge in [-0.1, -0.05) is 0 Å². The van der Waals surface area contributed by atoms with Gasteiger partial charge in [0.1, 0.15) is 0 Å². The third kappa shape index (κ3) is 3.42. The highest BCUT2D eigenvalue weighted by Gasteiger charge is 2.46. The fourth-order valence-corrected chi connectivity index (χ4v) is 2.18. The van der Waals surface area contributed by atoms with Crippen molar-refractivity contribution in [2.24, 2.45) is 5.73 Å². The zero-order valence-electron chi connectivity index (χ0n) is 10.6. The van der Waals surface area contributed by atoms with Crippen molar-refractivity contribution in [3.63, 3.8) is 0 Å². The van der Waals surface area contributed by atoms with E-state index in [0.29, 0.717) is 6.04 Å². The van der Waals surface area contributed by atoms with Gasteiger partial charge in [0, 0.05) is 19.1 Å². The van der Waals surface area contributed by atoms with Crippen LogP contribution in [0.15, 0.2) is 0 Å². The van der Waals surface area contributed by atoms with Crippen LogP contribution in [-0.2, 0) is 9.47 Å². The molecule has 2 fully saturated rings. The standard InChI is InChI=1S/C12H24N2O2/c1-12(2,3)16-11-10(15-11)14-7-4-5-9(13)6-8-14/h9-11H,4-8,13H2,1-3H3/t9-,10?,11?/m1/s1. The maximum atomic E-state index is 5.96. The summed E-state index contributed by atoms with van der Waals surface area (Å²) >= 11 is 0. The summed E-state index contributed by atoms with van der Waals surface area (Å²) in [6.07, 6.45) is 3.51. The van der Waals surface area contributed by atoms with E-state index in [-0.39, 0.29) is 18.1 Å². The Hall–Kier alpha value is -0.160. The van der Waals surface area contributed by atoms with Gasteiger partial charge in [0.05, 0.1) is 5.60 Å². The largest absolute Gasteiger partial charge is 0.343 e. The number of nitrogens with two attached hydrogens (primary N) is 1. The molecule has 2 N–H and O–H groups in total. The maximum Gasteiger partial charge on any atom is 0.200 e. The minimum Gasteiger partial charge on any atom is -0.343 e. The van der Waals surface area contributed by atoms with Crippen molar-refractivity contribution in [1.82, 2.24) is 4.90 Å². The van der Waals surface area contributed by atoms with E-state index in [1.807, 2.05) is 0 Å². The van der Waals surface area contributed by atoms with E-state index in [4.69, 9.17) is 15.2 Å². The number of hydrogen-bond donors (Lipinski definition) is 1. The quantitative estimate of drug-likeness (QED) is 0.724. The van der Waals surface area contributed by atoms with Gasteiger partial charge in [0.15, 0.2) is 12.5 Å². The zero-order valence-corrected chi connectivity index (χ0v) is 10.6. The summed E-state index contributed by atoms with van der Waals surface area (Å²) in [6, 6.07) is 0.366. The summed E-state index contributed by atoms with van der Waals surface area (Å²) in [6.45, 7) is 8.30. The molecule has 16 heavy (non-hydrogen) atoms. The average molecular weight is 228 g/mol. The van der Waals surface area contributed by atoms with Gasteiger partial charge >= 0.3 is 0 Å². The lowest BCUT2D eigenvalue weighted by molar-refractivity contribution is -0.0577. The molecule has 4 heteroatoms. The van der Waals surface area contributed by atoms with Crippen LogP contribution in [0.5, 0.6) is 0 Å². The molecular weight excluding hydrogens is 204 g/mol. The van der Waals surface area contributed by atoms with Crippen LogP contribution in [-0.4, -0.2) is 42.2 Å². The minimum absolute atomic E-state index is 0.0330. The molecule has 0 aromatic carbocycles. The van der Waals surface area contributed by atoms with Crippen LogP contribution in [0.4, 0.5) is 0 Å². The molecule has 0 radical (unpaired) electrons. The van der Waals surface area contributed by atoms with E-state index in [0.717, 1.165) is 25.9 Å². The maximum absolute atomic E-state index is 5.96. The van der Waals surface area contributed by atoms with Crippen molar-refractivity contribution in [3.8, 4) is 0 Å². The number of nitrogens with zero attached hydrogens (tertiary/aromatic N) is 1. The van der Waals surface area contributed by atoms with Crippen molar-refractivity contribution < 1.29 is 9.47 Å². The lowest BCUT2D eigenvalue weighted by Crippen LogP contribution is -2.32. The summed E-state index contributed by atoms with van der Waals surface area (Å²) in [4.78, 5) is 2.36. The van der Waals surface area contributed by atoms with E-state index in [2.05, 4.69) is 25.7 Å². The van der Waals surface area contributed by atoms with E-state index in [9.17, 15) is 0 Å². The van der Waals surface area contributed by atoms with E-state index in [1.54, 1.807) is 0 Å². The molecule has 94 valence electrons. The van der Waals surface area contributed by atoms with Crippen LogP contribution in [0.3, 0.4) is 0 Å². The topological polar surface area (TPSA) is 51.0 Å². The smallest absolute Gasteiger partial charge is 0.200 e. The predicted molar refractivity (Wildman–Crippen MR) is 62.9 cm³/mol. The molecule has 2 heterocycles. The second-order valence-electron chi connectivity index (χ2n) is 5.85. The van der Waals surface area contributed by atoms with Gasteiger partial charge in [-0.05, 0) is 40.0 Å². The first-order valence-corrected chi connectivity index (χ1v) is 6.29. The molecular formula is C12H24N2O2. The van der Waals surface area contributed by atoms with Crippen molar-refractivity contribution in [3.05, 3.63) is 0 Å². The van der Waals surface area contributed by atoms with Crippen molar-refractivity contribution >= 4 is 0 Å². The molecule has 0 aliphatic carbocycles. The monoisotopic (exact) mass is 228 g/mol. The summed E-state index contributed by atoms with van der Waals surface area (Å²) < 4.78 is 11.4. The Morgan fingerprint density at radius 2 is 2.00 bits per heavy atom. The second-order valence-corrected chi connectivity index (χ2v) is 5.85. The Morgan fingerprint density at radius 3 is 2.69 bits per heavy atom. The van der Waals surface area contributed by atoms with Crippen LogP contribution in [0, 0.1) is 0 Å². The SMILES string of the molecule is CC(C)(C)OC1OC1N1CCC[C@@H](N)CC1. The first-order chi connectivity index (χ1) is 7.46. The van der Waals surface area contributed by atoms with Gasteiger partial charge in [0.25, 0.3) is 0 Å². The van der Waals surface area contributed by atoms with Crippen molar-refractivity contribution in [2.75, 3.05) is 13.1 Å². The number of likely N-dealkylation sites (tertiary alicyclic amines) is 1. The van der Waals surface area contributed by atoms with Crippen LogP contribution >= 0.6 is 0 Å². The number of ether oxygens (including phenoxy) is 2. The summed E-state index contributed by atoms with van der Waals surface area (Å²) in [5.41, 5.74) is 5.83. The Morgan fingerprint density at radius 1 is 1.25 bits per heavy atom. The lowest BCUT2D eigenvalue weighted by Gasteiger charge is -2.20. The molecule has 0 spiro atoms. The first-order valence-electron chi connectivity index (χ1n) is 6.29. The molecule has 0 aromatic rings. The highest BCUT2D eigenvalue weighted by atomic mass is 16.8. The molecule has 4 nitrogen and oxygen atoms in total. The van der Waals surface area contributed by atoms with Crippen LogP contribution in [0.25, 0.3) is 0 Å². The summed E-state index contributed by atoms with van der Waals surface area (Å²) in [7, 11) is 0. The first kappa shape index (κ1) is 12.3. The molecule has 0 saturated carbocycles. The van der Waals surface area contributed by atoms with Gasteiger partial charge in [-0.2, -0.15) is 0 Å². The molecule has 2 rings (SSSR count). The number of rotatable bonds is 2. The van der Waals surface area contributed by atoms with E-state index >= 15 is 0 Å². The Labute approximate surface area is 98.1 Å². The molecule has 0 bridgehead atoms. The molecule has 2 saturated heterocycles. The fourth-order valence-electron chi connectivity index (χ4n) is 2.18. The molecule has 0 aromatic heterocycles. The number of epoxide rings is 1. The third-order valence-electron chi connectivity index (χ3n) is 3.07. The predicted octanol–water partition coefficient (Wildman–Crippen LogP) is 1.30. The molecule has 2 aliphatic heterocycles. The highest BCUT2D eigenvalue weighted by Crippen LogP contribution is 2.32. The van der Waals surface area contributed by atoms with Gasteiger partial charge < -0.3 is 15.2 Å². The Kier molecular flexibility index (Phi) is 3.54. The average Bonchev–Trinajstić information content (AvgIpc) is 2.87.